The van der Waals surface area contributed by atoms with Crippen LogP contribution in [-0.4, -0.2) is 23.6 Å². The van der Waals surface area contributed by atoms with Gasteiger partial charge in [0.05, 0.1) is 14.1 Å². The van der Waals surface area contributed by atoms with Gasteiger partial charge in [-0.1, -0.05) is 0 Å². The Hall–Kier alpha value is -1.59. The highest BCUT2D eigenvalue weighted by Gasteiger charge is 2.14. The molecule has 1 rings (SSSR count). The minimum Gasteiger partial charge on any atom is -0.289 e. The van der Waals surface area contributed by atoms with Crippen molar-refractivity contribution < 1.29 is 4.57 Å². The Kier molecular flexibility index (Phi) is 2.22. The Morgan fingerprint density at radius 2 is 1.92 bits per heavy atom. The second-order valence-electron chi connectivity index (χ2n) is 3.05. The number of hydrogen-bond donors (Lipinski definition) is 1. The normalized spacial score (nSPS) is 10.2. The third-order valence-corrected chi connectivity index (χ3v) is 1.84. The van der Waals surface area contributed by atoms with Crippen LogP contribution < -0.4 is 20.8 Å². The molecule has 72 valence electrons. The van der Waals surface area contributed by atoms with Gasteiger partial charge in [0.1, 0.15) is 0 Å². The maximum atomic E-state index is 11.4. The highest BCUT2D eigenvalue weighted by Crippen LogP contribution is 1.89. The third kappa shape index (κ3) is 1.47. The quantitative estimate of drug-likeness (QED) is 0.513. The molecule has 13 heavy (non-hydrogen) atoms. The van der Waals surface area contributed by atoms with E-state index < -0.39 is 5.69 Å². The van der Waals surface area contributed by atoms with Crippen LogP contribution in [0.15, 0.2) is 9.59 Å². The average molecular weight is 185 g/mol. The molecule has 1 N–H and O–H groups in total. The molecule has 0 atom stereocenters. The van der Waals surface area contributed by atoms with Gasteiger partial charge in [-0.15, -0.1) is 0 Å². The average Bonchev–Trinajstić information content (AvgIpc) is 2.07. The summed E-state index contributed by atoms with van der Waals surface area (Å²) in [6, 6.07) is 0. The molecule has 1 aromatic heterocycles. The van der Waals surface area contributed by atoms with Gasteiger partial charge in [-0.3, -0.25) is 4.90 Å². The van der Waals surface area contributed by atoms with Gasteiger partial charge in [-0.25, -0.2) is 14.6 Å². The molecule has 6 nitrogen and oxygen atoms in total. The van der Waals surface area contributed by atoms with E-state index in [0.717, 1.165) is 4.57 Å². The Balaban J connectivity index is 3.60. The zero-order chi connectivity index (χ0) is 10.2. The molecule has 1 aromatic rings. The highest BCUT2D eigenvalue weighted by atomic mass is 16.2. The molecule has 6 heteroatoms. The van der Waals surface area contributed by atoms with Crippen LogP contribution in [0.25, 0.3) is 0 Å². The van der Waals surface area contributed by atoms with Crippen molar-refractivity contribution in [3.05, 3.63) is 21.0 Å². The number of hydrogen-bond acceptors (Lipinski definition) is 3. The lowest BCUT2D eigenvalue weighted by Crippen LogP contribution is -2.58. The number of nitrogens with zero attached hydrogens (tertiary/aromatic N) is 3. The molecule has 0 aliphatic rings. The standard InChI is InChI=1S/C7H12N4O2/c1-9(2)5-8-6(12)11(4)7(13)10(5)3/h1-4H3/p+1. The second kappa shape index (κ2) is 3.04. The van der Waals surface area contributed by atoms with Crippen LogP contribution in [0.4, 0.5) is 5.95 Å². The summed E-state index contributed by atoms with van der Waals surface area (Å²) in [4.78, 5) is 26.8. The van der Waals surface area contributed by atoms with Crippen LogP contribution >= 0.6 is 0 Å². The summed E-state index contributed by atoms with van der Waals surface area (Å²) in [6.07, 6.45) is 0. The molecule has 0 aliphatic carbocycles. The van der Waals surface area contributed by atoms with E-state index in [9.17, 15) is 9.59 Å². The van der Waals surface area contributed by atoms with E-state index in [2.05, 4.69) is 4.98 Å². The largest absolute Gasteiger partial charge is 0.420 e. The number of aromatic nitrogens is 3. The maximum Gasteiger partial charge on any atom is 0.420 e. The fourth-order valence-corrected chi connectivity index (χ4v) is 1.08. The summed E-state index contributed by atoms with van der Waals surface area (Å²) in [5, 5.41) is 0. The van der Waals surface area contributed by atoms with E-state index in [-0.39, 0.29) is 5.69 Å². The summed E-state index contributed by atoms with van der Waals surface area (Å²) in [7, 11) is 6.55. The molecule has 0 aliphatic heterocycles. The van der Waals surface area contributed by atoms with Gasteiger partial charge in [0.2, 0.25) is 0 Å². The van der Waals surface area contributed by atoms with Gasteiger partial charge in [-0.2, -0.15) is 9.13 Å². The SMILES string of the molecule is CN(C)c1[nH]c(=O)n(C)c(=O)[n+]1C. The van der Waals surface area contributed by atoms with Crippen molar-refractivity contribution >= 4 is 5.95 Å². The topological polar surface area (TPSA) is 62.0 Å². The number of anilines is 1. The smallest absolute Gasteiger partial charge is 0.289 e. The summed E-state index contributed by atoms with van der Waals surface area (Å²) < 4.78 is 2.40. The molecule has 1 heterocycles. The monoisotopic (exact) mass is 185 g/mol. The van der Waals surface area contributed by atoms with Crippen LogP contribution in [0.5, 0.6) is 0 Å². The van der Waals surface area contributed by atoms with Gasteiger partial charge in [0, 0.05) is 14.1 Å². The van der Waals surface area contributed by atoms with Gasteiger partial charge >= 0.3 is 17.3 Å². The Morgan fingerprint density at radius 1 is 1.38 bits per heavy atom. The fourth-order valence-electron chi connectivity index (χ4n) is 1.08. The van der Waals surface area contributed by atoms with Crippen molar-refractivity contribution in [1.29, 1.82) is 0 Å². The van der Waals surface area contributed by atoms with Crippen LogP contribution in [0, 0.1) is 0 Å². The summed E-state index contributed by atoms with van der Waals surface area (Å²) in [5.74, 6) is 0.480. The van der Waals surface area contributed by atoms with Gasteiger partial charge in [0.25, 0.3) is 0 Å². The van der Waals surface area contributed by atoms with Crippen molar-refractivity contribution in [3.8, 4) is 0 Å². The number of rotatable bonds is 1. The minimum atomic E-state index is -0.410. The predicted octanol–water partition coefficient (Wildman–Crippen LogP) is -2.04. The molecule has 0 saturated heterocycles. The van der Waals surface area contributed by atoms with Gasteiger partial charge < -0.3 is 0 Å². The number of aromatic amines is 1. The fraction of sp³-hybridized carbons (Fsp3) is 0.571. The second-order valence-corrected chi connectivity index (χ2v) is 3.05. The maximum absolute atomic E-state index is 11.4. The highest BCUT2D eigenvalue weighted by molar-refractivity contribution is 5.16. The molecule has 0 amide bonds. The van der Waals surface area contributed by atoms with Crippen LogP contribution in [0.3, 0.4) is 0 Å². The molecule has 0 saturated carbocycles. The first-order valence-electron chi connectivity index (χ1n) is 3.82. The van der Waals surface area contributed by atoms with Crippen LogP contribution in [0.2, 0.25) is 0 Å². The molecule has 0 aromatic carbocycles. The Bertz CT molecular complexity index is 429. The number of nitrogens with one attached hydrogen (secondary N) is 1. The van der Waals surface area contributed by atoms with Crippen LogP contribution in [0.1, 0.15) is 0 Å². The van der Waals surface area contributed by atoms with Crippen LogP contribution in [-0.2, 0) is 14.1 Å². The van der Waals surface area contributed by atoms with Gasteiger partial charge in [-0.05, 0) is 0 Å². The van der Waals surface area contributed by atoms with Gasteiger partial charge in [0.15, 0.2) is 0 Å². The van der Waals surface area contributed by atoms with E-state index in [1.807, 2.05) is 0 Å². The predicted molar refractivity (Wildman–Crippen MR) is 47.8 cm³/mol. The van der Waals surface area contributed by atoms with E-state index in [4.69, 9.17) is 0 Å². The number of H-pyrrole nitrogens is 1. The van der Waals surface area contributed by atoms with E-state index in [1.165, 1.54) is 11.6 Å². The third-order valence-electron chi connectivity index (χ3n) is 1.84. The molecule has 0 spiro atoms. The van der Waals surface area contributed by atoms with E-state index >= 15 is 0 Å². The van der Waals surface area contributed by atoms with Crippen molar-refractivity contribution in [3.63, 3.8) is 0 Å². The van der Waals surface area contributed by atoms with Crippen molar-refractivity contribution in [2.24, 2.45) is 14.1 Å². The Labute approximate surface area is 75.1 Å². The van der Waals surface area contributed by atoms with Crippen molar-refractivity contribution in [1.82, 2.24) is 9.55 Å². The summed E-state index contributed by atoms with van der Waals surface area (Å²) >= 11 is 0. The molecule has 0 radical (unpaired) electrons. The minimum absolute atomic E-state index is 0.340. The molecular formula is C7H13N4O2+. The lowest BCUT2D eigenvalue weighted by molar-refractivity contribution is -0.681. The summed E-state index contributed by atoms with van der Waals surface area (Å²) in [6.45, 7) is 0. The zero-order valence-electron chi connectivity index (χ0n) is 8.16. The summed E-state index contributed by atoms with van der Waals surface area (Å²) in [5.41, 5.74) is -0.751. The first-order chi connectivity index (χ1) is 5.95. The molecular weight excluding hydrogens is 172 g/mol. The zero-order valence-corrected chi connectivity index (χ0v) is 8.16. The van der Waals surface area contributed by atoms with Crippen molar-refractivity contribution in [2.75, 3.05) is 19.0 Å². The Morgan fingerprint density at radius 3 is 2.38 bits per heavy atom. The molecule has 0 fully saturated rings. The lowest BCUT2D eigenvalue weighted by Gasteiger charge is -2.08. The van der Waals surface area contributed by atoms with E-state index in [1.54, 1.807) is 26.0 Å². The van der Waals surface area contributed by atoms with E-state index in [0.29, 0.717) is 5.95 Å². The first kappa shape index (κ1) is 9.50. The molecule has 0 bridgehead atoms. The van der Waals surface area contributed by atoms with Crippen molar-refractivity contribution in [2.45, 2.75) is 0 Å². The first-order valence-corrected chi connectivity index (χ1v) is 3.82. The molecule has 0 unspecified atom stereocenters. The lowest BCUT2D eigenvalue weighted by atomic mass is 10.7.